The summed E-state index contributed by atoms with van der Waals surface area (Å²) in [5.74, 6) is -0.326. The molecule has 0 fully saturated rings. The Morgan fingerprint density at radius 1 is 1.29 bits per heavy atom. The lowest BCUT2D eigenvalue weighted by molar-refractivity contribution is 0.0526. The van der Waals surface area contributed by atoms with Gasteiger partial charge in [-0.15, -0.1) is 0 Å². The lowest BCUT2D eigenvalue weighted by atomic mass is 10.2. The van der Waals surface area contributed by atoms with Gasteiger partial charge in [0.1, 0.15) is 0 Å². The first kappa shape index (κ1) is 17.9. The summed E-state index contributed by atoms with van der Waals surface area (Å²) in [6, 6.07) is 7.00. The number of hydrogen-bond donors (Lipinski definition) is 2. The summed E-state index contributed by atoms with van der Waals surface area (Å²) >= 11 is 5.30. The zero-order valence-corrected chi connectivity index (χ0v) is 14.9. The number of nitrogens with one attached hydrogen (secondary N) is 2. The van der Waals surface area contributed by atoms with Crippen LogP contribution < -0.4 is 10.6 Å². The first-order valence-corrected chi connectivity index (χ1v) is 8.29. The molecule has 7 heteroatoms. The molecular weight excluding hydrogens is 324 g/mol. The van der Waals surface area contributed by atoms with Gasteiger partial charge in [0, 0.05) is 30.0 Å². The summed E-state index contributed by atoms with van der Waals surface area (Å²) in [7, 11) is 0. The largest absolute Gasteiger partial charge is 0.462 e. The fraction of sp³-hybridized carbons (Fsp3) is 0.353. The topological polar surface area (TPSA) is 68.2 Å². The monoisotopic (exact) mass is 346 g/mol. The maximum absolute atomic E-state index is 11.6. The van der Waals surface area contributed by atoms with Crippen LogP contribution in [0.2, 0.25) is 0 Å². The Balaban J connectivity index is 1.88. The highest BCUT2D eigenvalue weighted by molar-refractivity contribution is 7.80. The molecular formula is C17H22N4O2S. The molecule has 0 amide bonds. The number of thiocarbonyl (C=S) groups is 1. The number of benzene rings is 1. The summed E-state index contributed by atoms with van der Waals surface area (Å²) in [5.41, 5.74) is 3.57. The Hall–Kier alpha value is -2.41. The summed E-state index contributed by atoms with van der Waals surface area (Å²) in [4.78, 5) is 11.6. The Kier molecular flexibility index (Phi) is 6.31. The van der Waals surface area contributed by atoms with Crippen molar-refractivity contribution < 1.29 is 9.53 Å². The van der Waals surface area contributed by atoms with Crippen molar-refractivity contribution in [3.8, 4) is 0 Å². The molecule has 1 aromatic heterocycles. The Morgan fingerprint density at radius 2 is 2.00 bits per heavy atom. The fourth-order valence-corrected chi connectivity index (χ4v) is 2.42. The normalized spacial score (nSPS) is 10.3. The standard InChI is InChI=1S/C17H22N4O2S/c1-4-21-12(3)14(11-19-21)10-18-17(24)20-15-8-6-13(7-9-15)16(22)23-5-2/h6-9,11H,4-5,10H2,1-3H3,(H2,18,20,24). The molecule has 0 spiro atoms. The minimum atomic E-state index is -0.326. The molecule has 0 aliphatic heterocycles. The van der Waals surface area contributed by atoms with Crippen LogP contribution in [-0.2, 0) is 17.8 Å². The van der Waals surface area contributed by atoms with Gasteiger partial charge in [0.25, 0.3) is 0 Å². The average molecular weight is 346 g/mol. The van der Waals surface area contributed by atoms with E-state index in [1.54, 1.807) is 31.2 Å². The Morgan fingerprint density at radius 3 is 2.58 bits per heavy atom. The molecule has 128 valence electrons. The van der Waals surface area contributed by atoms with E-state index in [1.807, 2.05) is 17.8 Å². The number of aryl methyl sites for hydroxylation is 1. The highest BCUT2D eigenvalue weighted by Gasteiger charge is 2.07. The number of carbonyl (C=O) groups excluding carboxylic acids is 1. The van der Waals surface area contributed by atoms with E-state index in [9.17, 15) is 4.79 Å². The van der Waals surface area contributed by atoms with E-state index in [1.165, 1.54) is 0 Å². The number of anilines is 1. The van der Waals surface area contributed by atoms with Crippen molar-refractivity contribution in [1.82, 2.24) is 15.1 Å². The molecule has 1 aromatic carbocycles. The molecule has 0 bridgehead atoms. The molecule has 2 N–H and O–H groups in total. The maximum atomic E-state index is 11.6. The molecule has 2 aromatic rings. The van der Waals surface area contributed by atoms with Gasteiger partial charge in [0.05, 0.1) is 18.4 Å². The van der Waals surface area contributed by atoms with Gasteiger partial charge in [0.15, 0.2) is 5.11 Å². The van der Waals surface area contributed by atoms with Gasteiger partial charge >= 0.3 is 5.97 Å². The lowest BCUT2D eigenvalue weighted by Crippen LogP contribution is -2.28. The molecule has 6 nitrogen and oxygen atoms in total. The van der Waals surface area contributed by atoms with Gasteiger partial charge < -0.3 is 15.4 Å². The second-order valence-corrected chi connectivity index (χ2v) is 5.58. The minimum absolute atomic E-state index is 0.326. The molecule has 0 saturated carbocycles. The van der Waals surface area contributed by atoms with Crippen LogP contribution in [0.4, 0.5) is 5.69 Å². The van der Waals surface area contributed by atoms with Crippen molar-refractivity contribution in [3.63, 3.8) is 0 Å². The highest BCUT2D eigenvalue weighted by atomic mass is 32.1. The quantitative estimate of drug-likeness (QED) is 0.619. The summed E-state index contributed by atoms with van der Waals surface area (Å²) in [6.07, 6.45) is 1.85. The number of nitrogens with zero attached hydrogens (tertiary/aromatic N) is 2. The van der Waals surface area contributed by atoms with Crippen LogP contribution >= 0.6 is 12.2 Å². The summed E-state index contributed by atoms with van der Waals surface area (Å²) in [5, 5.41) is 11.1. The molecule has 0 saturated heterocycles. The second kappa shape index (κ2) is 8.44. The van der Waals surface area contributed by atoms with Crippen molar-refractivity contribution in [3.05, 3.63) is 47.3 Å². The molecule has 0 aliphatic rings. The van der Waals surface area contributed by atoms with Crippen LogP contribution in [0.1, 0.15) is 35.5 Å². The molecule has 0 atom stereocenters. The van der Waals surface area contributed by atoms with Gasteiger partial charge in [0.2, 0.25) is 0 Å². The van der Waals surface area contributed by atoms with E-state index in [2.05, 4.69) is 22.7 Å². The number of hydrogen-bond acceptors (Lipinski definition) is 4. The molecule has 0 aliphatic carbocycles. The fourth-order valence-electron chi connectivity index (χ4n) is 2.23. The van der Waals surface area contributed by atoms with Gasteiger partial charge in [-0.25, -0.2) is 4.79 Å². The van der Waals surface area contributed by atoms with Gasteiger partial charge in [-0.1, -0.05) is 0 Å². The zero-order chi connectivity index (χ0) is 17.5. The summed E-state index contributed by atoms with van der Waals surface area (Å²) < 4.78 is 6.90. The van der Waals surface area contributed by atoms with E-state index in [0.29, 0.717) is 23.8 Å². The molecule has 1 heterocycles. The van der Waals surface area contributed by atoms with Crippen molar-refractivity contribution >= 4 is 29.0 Å². The van der Waals surface area contributed by atoms with Crippen molar-refractivity contribution in [2.45, 2.75) is 33.9 Å². The average Bonchev–Trinajstić information content (AvgIpc) is 2.94. The van der Waals surface area contributed by atoms with Crippen molar-refractivity contribution in [1.29, 1.82) is 0 Å². The predicted octanol–water partition coefficient (Wildman–Crippen LogP) is 2.87. The summed E-state index contributed by atoms with van der Waals surface area (Å²) in [6.45, 7) is 7.70. The van der Waals surface area contributed by atoms with E-state index in [4.69, 9.17) is 17.0 Å². The third kappa shape index (κ3) is 4.55. The van der Waals surface area contributed by atoms with Crippen LogP contribution in [0.15, 0.2) is 30.5 Å². The maximum Gasteiger partial charge on any atom is 0.338 e. The smallest absolute Gasteiger partial charge is 0.338 e. The van der Waals surface area contributed by atoms with Gasteiger partial charge in [-0.3, -0.25) is 4.68 Å². The Labute approximate surface area is 147 Å². The second-order valence-electron chi connectivity index (χ2n) is 5.18. The highest BCUT2D eigenvalue weighted by Crippen LogP contribution is 2.11. The van der Waals surface area contributed by atoms with Gasteiger partial charge in [-0.05, 0) is 57.3 Å². The minimum Gasteiger partial charge on any atom is -0.462 e. The zero-order valence-electron chi connectivity index (χ0n) is 14.1. The Bertz CT molecular complexity index is 710. The third-order valence-corrected chi connectivity index (χ3v) is 3.84. The van der Waals surface area contributed by atoms with E-state index < -0.39 is 0 Å². The SMILES string of the molecule is CCOC(=O)c1ccc(NC(=S)NCc2cnn(CC)c2C)cc1. The first-order chi connectivity index (χ1) is 11.5. The molecule has 24 heavy (non-hydrogen) atoms. The van der Waals surface area contributed by atoms with Crippen LogP contribution in [0.3, 0.4) is 0 Å². The van der Waals surface area contributed by atoms with Crippen LogP contribution in [-0.4, -0.2) is 27.5 Å². The van der Waals surface area contributed by atoms with E-state index in [-0.39, 0.29) is 5.97 Å². The van der Waals surface area contributed by atoms with Crippen LogP contribution in [0, 0.1) is 6.92 Å². The lowest BCUT2D eigenvalue weighted by Gasteiger charge is -2.11. The molecule has 0 unspecified atom stereocenters. The van der Waals surface area contributed by atoms with Crippen LogP contribution in [0.5, 0.6) is 0 Å². The number of rotatable bonds is 6. The number of esters is 1. The van der Waals surface area contributed by atoms with E-state index in [0.717, 1.165) is 23.5 Å². The third-order valence-electron chi connectivity index (χ3n) is 3.60. The van der Waals surface area contributed by atoms with Crippen molar-refractivity contribution in [2.75, 3.05) is 11.9 Å². The van der Waals surface area contributed by atoms with Crippen molar-refractivity contribution in [2.24, 2.45) is 0 Å². The van der Waals surface area contributed by atoms with E-state index >= 15 is 0 Å². The van der Waals surface area contributed by atoms with Crippen LogP contribution in [0.25, 0.3) is 0 Å². The van der Waals surface area contributed by atoms with Gasteiger partial charge in [-0.2, -0.15) is 5.10 Å². The number of ether oxygens (including phenoxy) is 1. The molecule has 0 radical (unpaired) electrons. The number of aromatic nitrogens is 2. The number of carbonyl (C=O) groups is 1. The molecule has 2 rings (SSSR count). The first-order valence-electron chi connectivity index (χ1n) is 7.88. The predicted molar refractivity (Wildman–Crippen MR) is 98.1 cm³/mol.